The van der Waals surface area contributed by atoms with Crippen LogP contribution in [0.5, 0.6) is 11.5 Å². The first-order valence-electron chi connectivity index (χ1n) is 8.23. The molecule has 1 rings (SSSR count). The number of likely N-dealkylation sites (N-methyl/N-ethyl adjacent to an activating group) is 1. The molecule has 2 amide bonds. The van der Waals surface area contributed by atoms with Gasteiger partial charge in [-0.15, -0.1) is 0 Å². The molecule has 7 heteroatoms. The number of hydrogen-bond donors (Lipinski definition) is 1. The largest absolute Gasteiger partial charge is 0.493 e. The van der Waals surface area contributed by atoms with Gasteiger partial charge in [0.2, 0.25) is 5.91 Å². The molecule has 25 heavy (non-hydrogen) atoms. The number of amides is 2. The second kappa shape index (κ2) is 9.08. The Morgan fingerprint density at radius 1 is 1.24 bits per heavy atom. The maximum absolute atomic E-state index is 12.8. The van der Waals surface area contributed by atoms with Crippen molar-refractivity contribution >= 4 is 27.7 Å². The molecule has 0 bridgehead atoms. The van der Waals surface area contributed by atoms with E-state index in [1.54, 1.807) is 12.1 Å². The Morgan fingerprint density at radius 3 is 2.36 bits per heavy atom. The van der Waals surface area contributed by atoms with E-state index in [1.165, 1.54) is 12.0 Å². The Bertz CT molecular complexity index is 626. The molecule has 0 aliphatic rings. The minimum Gasteiger partial charge on any atom is -0.493 e. The van der Waals surface area contributed by atoms with Crippen molar-refractivity contribution in [3.05, 3.63) is 22.2 Å². The minimum atomic E-state index is -0.342. The molecular weight excluding hydrogens is 388 g/mol. The summed E-state index contributed by atoms with van der Waals surface area (Å²) >= 11 is 3.41. The van der Waals surface area contributed by atoms with E-state index in [-0.39, 0.29) is 23.9 Å². The van der Waals surface area contributed by atoms with Crippen LogP contribution in [0, 0.1) is 0 Å². The highest BCUT2D eigenvalue weighted by Crippen LogP contribution is 2.36. The maximum Gasteiger partial charge on any atom is 0.254 e. The second-order valence-corrected chi connectivity index (χ2v) is 7.39. The third-order valence-electron chi connectivity index (χ3n) is 3.28. The fourth-order valence-electron chi connectivity index (χ4n) is 2.27. The number of nitrogens with one attached hydrogen (secondary N) is 1. The van der Waals surface area contributed by atoms with Gasteiger partial charge in [-0.25, -0.2) is 0 Å². The first kappa shape index (κ1) is 21.3. The predicted molar refractivity (Wildman–Crippen MR) is 101 cm³/mol. The van der Waals surface area contributed by atoms with Gasteiger partial charge < -0.3 is 19.7 Å². The van der Waals surface area contributed by atoms with Crippen molar-refractivity contribution in [2.75, 3.05) is 26.8 Å². The van der Waals surface area contributed by atoms with Crippen LogP contribution in [-0.2, 0) is 4.79 Å². The fraction of sp³-hybridized carbons (Fsp3) is 0.556. The van der Waals surface area contributed by atoms with Gasteiger partial charge in [-0.05, 0) is 62.7 Å². The van der Waals surface area contributed by atoms with E-state index in [2.05, 4.69) is 21.2 Å². The van der Waals surface area contributed by atoms with E-state index in [1.807, 2.05) is 34.6 Å². The smallest absolute Gasteiger partial charge is 0.254 e. The van der Waals surface area contributed by atoms with Crippen molar-refractivity contribution in [2.45, 2.75) is 40.2 Å². The van der Waals surface area contributed by atoms with Crippen molar-refractivity contribution in [1.29, 1.82) is 0 Å². The van der Waals surface area contributed by atoms with E-state index >= 15 is 0 Å². The van der Waals surface area contributed by atoms with Gasteiger partial charge in [-0.2, -0.15) is 0 Å². The van der Waals surface area contributed by atoms with Crippen molar-refractivity contribution in [2.24, 2.45) is 0 Å². The molecule has 0 fully saturated rings. The van der Waals surface area contributed by atoms with E-state index in [4.69, 9.17) is 9.47 Å². The summed E-state index contributed by atoms with van der Waals surface area (Å²) in [6.45, 7) is 10.3. The van der Waals surface area contributed by atoms with Crippen LogP contribution in [-0.4, -0.2) is 49.1 Å². The lowest BCUT2D eigenvalue weighted by Crippen LogP contribution is -2.47. The zero-order valence-electron chi connectivity index (χ0n) is 15.7. The normalized spacial score (nSPS) is 11.0. The van der Waals surface area contributed by atoms with Crippen LogP contribution >= 0.6 is 15.9 Å². The van der Waals surface area contributed by atoms with Gasteiger partial charge in [0.15, 0.2) is 11.5 Å². The Hall–Kier alpha value is -1.76. The second-order valence-electron chi connectivity index (χ2n) is 6.54. The summed E-state index contributed by atoms with van der Waals surface area (Å²) in [5, 5.41) is 2.86. The quantitative estimate of drug-likeness (QED) is 0.743. The Kier molecular flexibility index (Phi) is 7.73. The molecule has 0 radical (unpaired) electrons. The van der Waals surface area contributed by atoms with Gasteiger partial charge in [0, 0.05) is 17.6 Å². The number of methoxy groups -OCH3 is 1. The SMILES string of the molecule is CCOc1c(Br)cc(C(=O)N(CC)CC(=O)NC(C)(C)C)cc1OC. The van der Waals surface area contributed by atoms with Gasteiger partial charge in [0.25, 0.3) is 5.91 Å². The predicted octanol–water partition coefficient (Wildman–Crippen LogP) is 3.23. The van der Waals surface area contributed by atoms with E-state index < -0.39 is 0 Å². The summed E-state index contributed by atoms with van der Waals surface area (Å²) < 4.78 is 11.5. The summed E-state index contributed by atoms with van der Waals surface area (Å²) in [6, 6.07) is 3.31. The Morgan fingerprint density at radius 2 is 1.88 bits per heavy atom. The van der Waals surface area contributed by atoms with Crippen LogP contribution < -0.4 is 14.8 Å². The van der Waals surface area contributed by atoms with Crippen LogP contribution in [0.2, 0.25) is 0 Å². The minimum absolute atomic E-state index is 0.000249. The number of ether oxygens (including phenoxy) is 2. The zero-order chi connectivity index (χ0) is 19.2. The summed E-state index contributed by atoms with van der Waals surface area (Å²) in [6.07, 6.45) is 0. The van der Waals surface area contributed by atoms with Crippen molar-refractivity contribution < 1.29 is 19.1 Å². The number of carbonyl (C=O) groups is 2. The lowest BCUT2D eigenvalue weighted by atomic mass is 10.1. The molecule has 1 aromatic rings. The number of hydrogen-bond acceptors (Lipinski definition) is 4. The number of benzene rings is 1. The van der Waals surface area contributed by atoms with Crippen molar-refractivity contribution in [3.8, 4) is 11.5 Å². The third kappa shape index (κ3) is 6.23. The lowest BCUT2D eigenvalue weighted by Gasteiger charge is -2.25. The first-order chi connectivity index (χ1) is 11.6. The highest BCUT2D eigenvalue weighted by molar-refractivity contribution is 9.10. The van der Waals surface area contributed by atoms with E-state index in [9.17, 15) is 9.59 Å². The van der Waals surface area contributed by atoms with Gasteiger partial charge >= 0.3 is 0 Å². The van der Waals surface area contributed by atoms with Crippen LogP contribution in [0.3, 0.4) is 0 Å². The summed E-state index contributed by atoms with van der Waals surface area (Å²) in [4.78, 5) is 26.4. The third-order valence-corrected chi connectivity index (χ3v) is 3.87. The number of halogens is 1. The molecule has 140 valence electrons. The monoisotopic (exact) mass is 414 g/mol. The zero-order valence-corrected chi connectivity index (χ0v) is 17.3. The maximum atomic E-state index is 12.8. The molecule has 0 unspecified atom stereocenters. The lowest BCUT2D eigenvalue weighted by molar-refractivity contribution is -0.123. The topological polar surface area (TPSA) is 67.9 Å². The van der Waals surface area contributed by atoms with Crippen molar-refractivity contribution in [3.63, 3.8) is 0 Å². The highest BCUT2D eigenvalue weighted by Gasteiger charge is 2.22. The fourth-order valence-corrected chi connectivity index (χ4v) is 2.83. The number of carbonyl (C=O) groups excluding carboxylic acids is 2. The molecule has 0 heterocycles. The first-order valence-corrected chi connectivity index (χ1v) is 9.02. The molecule has 1 aromatic carbocycles. The van der Waals surface area contributed by atoms with Crippen LogP contribution in [0.4, 0.5) is 0 Å². The molecule has 0 spiro atoms. The van der Waals surface area contributed by atoms with Gasteiger partial charge in [-0.1, -0.05) is 0 Å². The number of rotatable bonds is 7. The molecule has 1 N–H and O–H groups in total. The van der Waals surface area contributed by atoms with Crippen LogP contribution in [0.25, 0.3) is 0 Å². The summed E-state index contributed by atoms with van der Waals surface area (Å²) in [5.74, 6) is 0.582. The molecule has 0 saturated heterocycles. The van der Waals surface area contributed by atoms with Gasteiger partial charge in [0.05, 0.1) is 24.7 Å². The molecular formula is C18H27BrN2O4. The number of nitrogens with zero attached hydrogens (tertiary/aromatic N) is 1. The Labute approximate surface area is 158 Å². The standard InChI is InChI=1S/C18H27BrN2O4/c1-7-21(11-15(22)20-18(3,4)5)17(23)12-9-13(19)16(25-8-2)14(10-12)24-6/h9-10H,7-8,11H2,1-6H3,(H,20,22). The molecule has 0 aliphatic heterocycles. The molecule has 6 nitrogen and oxygen atoms in total. The van der Waals surface area contributed by atoms with E-state index in [0.717, 1.165) is 0 Å². The Balaban J connectivity index is 3.03. The average molecular weight is 415 g/mol. The van der Waals surface area contributed by atoms with Crippen molar-refractivity contribution in [1.82, 2.24) is 10.2 Å². The van der Waals surface area contributed by atoms with Gasteiger partial charge in [-0.3, -0.25) is 9.59 Å². The summed E-state index contributed by atoms with van der Waals surface area (Å²) in [5.41, 5.74) is 0.0860. The molecule has 0 atom stereocenters. The highest BCUT2D eigenvalue weighted by atomic mass is 79.9. The summed E-state index contributed by atoms with van der Waals surface area (Å²) in [7, 11) is 1.52. The van der Waals surface area contributed by atoms with Gasteiger partial charge in [0.1, 0.15) is 0 Å². The molecule has 0 saturated carbocycles. The molecule has 0 aromatic heterocycles. The van der Waals surface area contributed by atoms with Crippen LogP contribution in [0.15, 0.2) is 16.6 Å². The average Bonchev–Trinajstić information content (AvgIpc) is 2.52. The van der Waals surface area contributed by atoms with E-state index in [0.29, 0.717) is 34.7 Å². The molecule has 0 aliphatic carbocycles. The van der Waals surface area contributed by atoms with Crippen LogP contribution in [0.1, 0.15) is 45.0 Å².